The van der Waals surface area contributed by atoms with Crippen molar-refractivity contribution in [1.29, 1.82) is 0 Å². The van der Waals surface area contributed by atoms with Crippen LogP contribution >= 0.6 is 22.9 Å². The number of halogens is 5. The fourth-order valence-corrected chi connectivity index (χ4v) is 1.95. The quantitative estimate of drug-likeness (QED) is 0.423. The minimum atomic E-state index is -4.65. The molecule has 0 aliphatic heterocycles. The normalized spacial score (nSPS) is 11.6. The van der Waals surface area contributed by atoms with Crippen LogP contribution in [0.5, 0.6) is 0 Å². The molecule has 0 saturated heterocycles. The molecule has 17 heavy (non-hydrogen) atoms. The molecular weight excluding hydrogens is 349 g/mol. The van der Waals surface area contributed by atoms with Crippen LogP contribution in [0.1, 0.15) is 25.3 Å². The molecule has 0 saturated carbocycles. The van der Waals surface area contributed by atoms with Crippen LogP contribution in [0.25, 0.3) is 0 Å². The number of hydrogen-bond acceptors (Lipinski definition) is 1. The Balaban J connectivity index is 2.96. The van der Waals surface area contributed by atoms with Crippen molar-refractivity contribution in [3.63, 3.8) is 0 Å². The summed E-state index contributed by atoms with van der Waals surface area (Å²) in [7, 11) is 0. The molecule has 0 fully saturated rings. The molecular formula is C11H12F4IN. The van der Waals surface area contributed by atoms with Gasteiger partial charge in [-0.1, -0.05) is 13.3 Å². The summed E-state index contributed by atoms with van der Waals surface area (Å²) in [6, 6.07) is 3.06. The molecule has 0 aliphatic rings. The second-order valence-corrected chi connectivity index (χ2v) is 4.77. The van der Waals surface area contributed by atoms with Gasteiger partial charge in [0, 0.05) is 12.2 Å². The van der Waals surface area contributed by atoms with Crippen molar-refractivity contribution >= 4 is 28.6 Å². The van der Waals surface area contributed by atoms with Crippen molar-refractivity contribution in [2.75, 3.05) is 9.66 Å². The Morgan fingerprint density at radius 2 is 1.94 bits per heavy atom. The van der Waals surface area contributed by atoms with E-state index in [2.05, 4.69) is 0 Å². The van der Waals surface area contributed by atoms with Crippen molar-refractivity contribution in [2.24, 2.45) is 0 Å². The molecule has 1 nitrogen and oxygen atoms in total. The Morgan fingerprint density at radius 3 is 2.47 bits per heavy atom. The fraction of sp³-hybridized carbons (Fsp3) is 0.455. The van der Waals surface area contributed by atoms with Crippen LogP contribution in [0.4, 0.5) is 23.2 Å². The largest absolute Gasteiger partial charge is 0.419 e. The highest BCUT2D eigenvalue weighted by atomic mass is 127. The molecule has 0 aromatic heterocycles. The summed E-state index contributed by atoms with van der Waals surface area (Å²) in [5, 5.41) is 0. The van der Waals surface area contributed by atoms with Gasteiger partial charge in [-0.2, -0.15) is 13.2 Å². The Labute approximate surface area is 111 Å². The maximum Gasteiger partial charge on any atom is 0.419 e. The second-order valence-electron chi connectivity index (χ2n) is 3.60. The maximum atomic E-state index is 13.0. The Hall–Kier alpha value is -0.530. The lowest BCUT2D eigenvalue weighted by Gasteiger charge is -2.18. The zero-order valence-electron chi connectivity index (χ0n) is 9.19. The topological polar surface area (TPSA) is 3.24 Å². The molecule has 1 aromatic carbocycles. The summed E-state index contributed by atoms with van der Waals surface area (Å²) in [4.78, 5) is 0. The van der Waals surface area contributed by atoms with E-state index in [1.165, 1.54) is 6.07 Å². The zero-order valence-corrected chi connectivity index (χ0v) is 11.3. The lowest BCUT2D eigenvalue weighted by Crippen LogP contribution is -2.14. The van der Waals surface area contributed by atoms with Crippen LogP contribution in [-0.4, -0.2) is 6.54 Å². The number of anilines is 1. The predicted octanol–water partition coefficient (Wildman–Crippen LogP) is 4.80. The van der Waals surface area contributed by atoms with Gasteiger partial charge in [0.2, 0.25) is 0 Å². The van der Waals surface area contributed by atoms with Crippen molar-refractivity contribution in [3.05, 3.63) is 29.6 Å². The number of alkyl halides is 3. The first-order valence-corrected chi connectivity index (χ1v) is 6.12. The van der Waals surface area contributed by atoms with Crippen LogP contribution < -0.4 is 3.11 Å². The minimum absolute atomic E-state index is 0.368. The highest BCUT2D eigenvalue weighted by molar-refractivity contribution is 14.1. The summed E-state index contributed by atoms with van der Waals surface area (Å²) >= 11 is 1.93. The molecule has 0 aliphatic carbocycles. The van der Waals surface area contributed by atoms with E-state index in [-0.39, 0.29) is 0 Å². The van der Waals surface area contributed by atoms with Crippen molar-refractivity contribution < 1.29 is 17.6 Å². The SMILES string of the molecule is CCCCN(I)c1ccc(F)c(C(F)(F)F)c1. The van der Waals surface area contributed by atoms with E-state index in [1.807, 2.05) is 29.8 Å². The fourth-order valence-electron chi connectivity index (χ4n) is 1.31. The van der Waals surface area contributed by atoms with Gasteiger partial charge >= 0.3 is 6.18 Å². The van der Waals surface area contributed by atoms with Crippen molar-refractivity contribution in [2.45, 2.75) is 25.9 Å². The van der Waals surface area contributed by atoms with Gasteiger partial charge in [-0.05, 0) is 24.6 Å². The zero-order chi connectivity index (χ0) is 13.1. The van der Waals surface area contributed by atoms with Crippen LogP contribution in [-0.2, 0) is 6.18 Å². The van der Waals surface area contributed by atoms with Crippen LogP contribution in [0, 0.1) is 5.82 Å². The highest BCUT2D eigenvalue weighted by Crippen LogP contribution is 2.34. The average Bonchev–Trinajstić information content (AvgIpc) is 2.25. The molecule has 0 N–H and O–H groups in total. The van der Waals surface area contributed by atoms with Crippen LogP contribution in [0.3, 0.4) is 0 Å². The van der Waals surface area contributed by atoms with E-state index in [0.717, 1.165) is 25.0 Å². The number of nitrogens with zero attached hydrogens (tertiary/aromatic N) is 1. The summed E-state index contributed by atoms with van der Waals surface area (Å²) < 4.78 is 52.2. The van der Waals surface area contributed by atoms with E-state index in [9.17, 15) is 17.6 Å². The van der Waals surface area contributed by atoms with Gasteiger partial charge in [0.05, 0.1) is 28.4 Å². The number of hydrogen-bond donors (Lipinski definition) is 0. The van der Waals surface area contributed by atoms with Gasteiger partial charge in [-0.25, -0.2) is 4.39 Å². The minimum Gasteiger partial charge on any atom is -0.315 e. The van der Waals surface area contributed by atoms with Gasteiger partial charge in [0.1, 0.15) is 5.82 Å². The van der Waals surface area contributed by atoms with Crippen molar-refractivity contribution in [1.82, 2.24) is 0 Å². The molecule has 0 spiro atoms. The molecule has 0 amide bonds. The summed E-state index contributed by atoms with van der Waals surface area (Å²) in [6.07, 6.45) is -2.82. The first-order valence-electron chi connectivity index (χ1n) is 5.16. The smallest absolute Gasteiger partial charge is 0.315 e. The van der Waals surface area contributed by atoms with Crippen molar-refractivity contribution in [3.8, 4) is 0 Å². The molecule has 0 radical (unpaired) electrons. The Bertz CT molecular complexity index is 378. The second kappa shape index (κ2) is 5.88. The molecule has 0 unspecified atom stereocenters. The molecule has 96 valence electrons. The first kappa shape index (κ1) is 14.5. The van der Waals surface area contributed by atoms with Crippen LogP contribution in [0.15, 0.2) is 18.2 Å². The summed E-state index contributed by atoms with van der Waals surface area (Å²) in [5.41, 5.74) is -0.846. The molecule has 1 aromatic rings. The average molecular weight is 361 g/mol. The molecule has 1 rings (SSSR count). The monoisotopic (exact) mass is 361 g/mol. The number of benzene rings is 1. The molecule has 0 heterocycles. The van der Waals surface area contributed by atoms with E-state index in [0.29, 0.717) is 12.2 Å². The third kappa shape index (κ3) is 4.01. The van der Waals surface area contributed by atoms with E-state index >= 15 is 0 Å². The first-order chi connectivity index (χ1) is 7.86. The standard InChI is InChI=1S/C11H12F4IN/c1-2-3-6-17(16)8-4-5-10(12)9(7-8)11(13,14)15/h4-5,7H,2-3,6H2,1H3. The Kier molecular flexibility index (Phi) is 5.03. The summed E-state index contributed by atoms with van der Waals surface area (Å²) in [5.74, 6) is -1.23. The number of unbranched alkanes of at least 4 members (excludes halogenated alkanes) is 1. The van der Waals surface area contributed by atoms with E-state index in [4.69, 9.17) is 0 Å². The van der Waals surface area contributed by atoms with Gasteiger partial charge in [0.15, 0.2) is 0 Å². The van der Waals surface area contributed by atoms with Crippen LogP contribution in [0.2, 0.25) is 0 Å². The van der Waals surface area contributed by atoms with Gasteiger partial charge in [0.25, 0.3) is 0 Å². The molecule has 0 atom stereocenters. The summed E-state index contributed by atoms with van der Waals surface area (Å²) in [6.45, 7) is 2.64. The maximum absolute atomic E-state index is 13.0. The third-order valence-corrected chi connectivity index (χ3v) is 3.28. The Morgan fingerprint density at radius 1 is 1.29 bits per heavy atom. The van der Waals surface area contributed by atoms with Gasteiger partial charge in [-0.15, -0.1) is 0 Å². The van der Waals surface area contributed by atoms with E-state index < -0.39 is 17.6 Å². The highest BCUT2D eigenvalue weighted by Gasteiger charge is 2.34. The van der Waals surface area contributed by atoms with E-state index in [1.54, 1.807) is 3.11 Å². The third-order valence-electron chi connectivity index (χ3n) is 2.24. The lowest BCUT2D eigenvalue weighted by atomic mass is 10.1. The molecule has 0 bridgehead atoms. The van der Waals surface area contributed by atoms with Gasteiger partial charge < -0.3 is 3.11 Å². The van der Waals surface area contributed by atoms with Gasteiger partial charge in [-0.3, -0.25) is 0 Å². The molecule has 6 heteroatoms. The number of rotatable bonds is 4. The lowest BCUT2D eigenvalue weighted by molar-refractivity contribution is -0.139. The predicted molar refractivity (Wildman–Crippen MR) is 67.7 cm³/mol.